The summed E-state index contributed by atoms with van der Waals surface area (Å²) >= 11 is 0. The molecule has 0 aromatic carbocycles. The van der Waals surface area contributed by atoms with Gasteiger partial charge in [0.15, 0.2) is 0 Å². The van der Waals surface area contributed by atoms with Crippen molar-refractivity contribution in [3.8, 4) is 0 Å². The van der Waals surface area contributed by atoms with Gasteiger partial charge in [0, 0.05) is 0 Å². The first kappa shape index (κ1) is 8.41. The maximum atomic E-state index is 6.21. The Morgan fingerprint density at radius 1 is 1.43 bits per heavy atom. The summed E-state index contributed by atoms with van der Waals surface area (Å²) in [5.41, 5.74) is 7.14. The predicted octanol–water partition coefficient (Wildman–Crippen LogP) is 1.24. The topological polar surface area (TPSA) is 67.6 Å². The van der Waals surface area contributed by atoms with Crippen LogP contribution in [0.3, 0.4) is 0 Å². The smallest absolute Gasteiger partial charge is 0.0994 e. The maximum absolute atomic E-state index is 6.21. The second-order valence-corrected chi connectivity index (χ2v) is 4.76. The molecular weight excluding hydrogens is 176 g/mol. The number of fused-ring (bicyclic) bond motifs is 2. The summed E-state index contributed by atoms with van der Waals surface area (Å²) in [6.45, 7) is 0. The quantitative estimate of drug-likeness (QED) is 0.740. The molecule has 0 amide bonds. The molecule has 2 bridgehead atoms. The lowest BCUT2D eigenvalue weighted by atomic mass is 9.82. The number of aromatic amines is 1. The van der Waals surface area contributed by atoms with E-state index in [4.69, 9.17) is 5.73 Å². The van der Waals surface area contributed by atoms with Crippen LogP contribution in [-0.4, -0.2) is 15.4 Å². The van der Waals surface area contributed by atoms with Crippen molar-refractivity contribution in [2.75, 3.05) is 0 Å². The summed E-state index contributed by atoms with van der Waals surface area (Å²) in [4.78, 5) is 0. The summed E-state index contributed by atoms with van der Waals surface area (Å²) in [5.74, 6) is 2.45. The number of aromatic nitrogens is 3. The standard InChI is InChI=1S/C10H16N4/c11-10(9-5-12-14-13-9)8-4-6-1-2-7(8)3-6/h5-8,10H,1-4,11H2,(H,12,13,14). The number of hydrogen-bond donors (Lipinski definition) is 2. The third-order valence-corrected chi connectivity index (χ3v) is 4.03. The third kappa shape index (κ3) is 1.17. The Balaban J connectivity index is 1.77. The minimum Gasteiger partial charge on any atom is -0.322 e. The highest BCUT2D eigenvalue weighted by molar-refractivity contribution is 5.05. The molecule has 4 atom stereocenters. The van der Waals surface area contributed by atoms with E-state index in [1.807, 2.05) is 0 Å². The van der Waals surface area contributed by atoms with Crippen LogP contribution in [0.15, 0.2) is 6.20 Å². The molecule has 0 saturated heterocycles. The molecule has 2 fully saturated rings. The molecule has 2 saturated carbocycles. The number of rotatable bonds is 2. The first-order valence-corrected chi connectivity index (χ1v) is 5.46. The van der Waals surface area contributed by atoms with Crippen molar-refractivity contribution in [3.05, 3.63) is 11.9 Å². The van der Waals surface area contributed by atoms with Crippen LogP contribution in [0.4, 0.5) is 0 Å². The van der Waals surface area contributed by atoms with Gasteiger partial charge < -0.3 is 5.73 Å². The largest absolute Gasteiger partial charge is 0.322 e. The maximum Gasteiger partial charge on any atom is 0.0994 e. The Kier molecular flexibility index (Phi) is 1.83. The summed E-state index contributed by atoms with van der Waals surface area (Å²) < 4.78 is 0. The Hall–Kier alpha value is -0.900. The van der Waals surface area contributed by atoms with Crippen LogP contribution < -0.4 is 5.73 Å². The highest BCUT2D eigenvalue weighted by Gasteiger charge is 2.42. The molecule has 1 aromatic rings. The van der Waals surface area contributed by atoms with Gasteiger partial charge in [0.1, 0.15) is 0 Å². The van der Waals surface area contributed by atoms with E-state index in [1.165, 1.54) is 25.7 Å². The van der Waals surface area contributed by atoms with E-state index in [9.17, 15) is 0 Å². The van der Waals surface area contributed by atoms with E-state index in [0.717, 1.165) is 17.5 Å². The van der Waals surface area contributed by atoms with Gasteiger partial charge in [-0.1, -0.05) is 6.42 Å². The van der Waals surface area contributed by atoms with Crippen LogP contribution in [0.1, 0.15) is 37.4 Å². The molecule has 1 aromatic heterocycles. The van der Waals surface area contributed by atoms with Gasteiger partial charge in [-0.3, -0.25) is 0 Å². The van der Waals surface area contributed by atoms with E-state index < -0.39 is 0 Å². The zero-order valence-corrected chi connectivity index (χ0v) is 8.19. The van der Waals surface area contributed by atoms with Gasteiger partial charge >= 0.3 is 0 Å². The third-order valence-electron chi connectivity index (χ3n) is 4.03. The van der Waals surface area contributed by atoms with Crippen molar-refractivity contribution in [1.82, 2.24) is 15.4 Å². The summed E-state index contributed by atoms with van der Waals surface area (Å²) in [5, 5.41) is 10.5. The van der Waals surface area contributed by atoms with Crippen molar-refractivity contribution in [2.45, 2.75) is 31.7 Å². The molecule has 3 rings (SSSR count). The first-order valence-electron chi connectivity index (χ1n) is 5.46. The molecule has 3 N–H and O–H groups in total. The lowest BCUT2D eigenvalue weighted by Crippen LogP contribution is -2.26. The van der Waals surface area contributed by atoms with Crippen LogP contribution in [0.5, 0.6) is 0 Å². The van der Waals surface area contributed by atoms with Crippen molar-refractivity contribution in [1.29, 1.82) is 0 Å². The van der Waals surface area contributed by atoms with Gasteiger partial charge in [-0.25, -0.2) is 0 Å². The van der Waals surface area contributed by atoms with Crippen molar-refractivity contribution in [3.63, 3.8) is 0 Å². The normalized spacial score (nSPS) is 37.6. The van der Waals surface area contributed by atoms with Crippen LogP contribution in [0.2, 0.25) is 0 Å². The number of nitrogens with two attached hydrogens (primary N) is 1. The molecule has 1 heterocycles. The fourth-order valence-corrected chi connectivity index (χ4v) is 3.32. The van der Waals surface area contributed by atoms with Gasteiger partial charge in [0.2, 0.25) is 0 Å². The molecule has 4 heteroatoms. The predicted molar refractivity (Wildman–Crippen MR) is 52.2 cm³/mol. The fraction of sp³-hybridized carbons (Fsp3) is 0.800. The molecule has 2 aliphatic rings. The zero-order chi connectivity index (χ0) is 9.54. The Morgan fingerprint density at radius 3 is 2.93 bits per heavy atom. The average molecular weight is 192 g/mol. The van der Waals surface area contributed by atoms with E-state index in [0.29, 0.717) is 5.92 Å². The van der Waals surface area contributed by atoms with Crippen molar-refractivity contribution < 1.29 is 0 Å². The van der Waals surface area contributed by atoms with E-state index in [2.05, 4.69) is 15.4 Å². The Labute approximate surface area is 83.3 Å². The van der Waals surface area contributed by atoms with Gasteiger partial charge in [-0.05, 0) is 37.0 Å². The van der Waals surface area contributed by atoms with E-state index in [-0.39, 0.29) is 6.04 Å². The zero-order valence-electron chi connectivity index (χ0n) is 8.19. The molecule has 0 aliphatic heterocycles. The lowest BCUT2D eigenvalue weighted by Gasteiger charge is -2.26. The van der Waals surface area contributed by atoms with Gasteiger partial charge in [-0.2, -0.15) is 15.4 Å². The molecule has 0 radical (unpaired) electrons. The highest BCUT2D eigenvalue weighted by Crippen LogP contribution is 2.51. The summed E-state index contributed by atoms with van der Waals surface area (Å²) in [6.07, 6.45) is 7.26. The minimum atomic E-state index is 0.101. The Morgan fingerprint density at radius 2 is 2.36 bits per heavy atom. The van der Waals surface area contributed by atoms with E-state index in [1.54, 1.807) is 6.20 Å². The number of hydrogen-bond acceptors (Lipinski definition) is 3. The SMILES string of the molecule is NC(c1cn[nH]n1)C1CC2CCC1C2. The summed E-state index contributed by atoms with van der Waals surface area (Å²) in [6, 6.07) is 0.101. The number of H-pyrrole nitrogens is 1. The average Bonchev–Trinajstić information content (AvgIpc) is 2.93. The van der Waals surface area contributed by atoms with Crippen molar-refractivity contribution in [2.24, 2.45) is 23.5 Å². The second-order valence-electron chi connectivity index (χ2n) is 4.76. The molecule has 76 valence electrons. The molecular formula is C10H16N4. The van der Waals surface area contributed by atoms with Gasteiger partial charge in [0.25, 0.3) is 0 Å². The van der Waals surface area contributed by atoms with Crippen LogP contribution in [0.25, 0.3) is 0 Å². The highest BCUT2D eigenvalue weighted by atomic mass is 15.3. The van der Waals surface area contributed by atoms with Crippen molar-refractivity contribution >= 4 is 0 Å². The molecule has 2 aliphatic carbocycles. The van der Waals surface area contributed by atoms with E-state index >= 15 is 0 Å². The minimum absolute atomic E-state index is 0.101. The molecule has 14 heavy (non-hydrogen) atoms. The summed E-state index contributed by atoms with van der Waals surface area (Å²) in [7, 11) is 0. The molecule has 4 nitrogen and oxygen atoms in total. The monoisotopic (exact) mass is 192 g/mol. The van der Waals surface area contributed by atoms with Gasteiger partial charge in [-0.15, -0.1) is 0 Å². The number of nitrogens with one attached hydrogen (secondary N) is 1. The van der Waals surface area contributed by atoms with Crippen LogP contribution in [-0.2, 0) is 0 Å². The molecule has 4 unspecified atom stereocenters. The lowest BCUT2D eigenvalue weighted by molar-refractivity contribution is 0.281. The fourth-order valence-electron chi connectivity index (χ4n) is 3.32. The van der Waals surface area contributed by atoms with Crippen LogP contribution in [0, 0.1) is 17.8 Å². The Bertz CT molecular complexity index is 308. The number of nitrogens with zero attached hydrogens (tertiary/aromatic N) is 2. The van der Waals surface area contributed by atoms with Crippen LogP contribution >= 0.6 is 0 Å². The van der Waals surface area contributed by atoms with Gasteiger partial charge in [0.05, 0.1) is 17.9 Å². The second kappa shape index (κ2) is 3.05. The molecule has 0 spiro atoms. The first-order chi connectivity index (χ1) is 6.84.